The van der Waals surface area contributed by atoms with Gasteiger partial charge in [0.05, 0.1) is 5.54 Å². The van der Waals surface area contributed by atoms with Crippen LogP contribution in [0.1, 0.15) is 41.8 Å². The Labute approximate surface area is 210 Å². The van der Waals surface area contributed by atoms with Crippen molar-refractivity contribution in [2.75, 3.05) is 26.2 Å². The van der Waals surface area contributed by atoms with Gasteiger partial charge in [-0.2, -0.15) is 0 Å². The Bertz CT molecular complexity index is 1190. The van der Waals surface area contributed by atoms with Crippen molar-refractivity contribution in [1.82, 2.24) is 15.1 Å². The quantitative estimate of drug-likeness (QED) is 0.660. The zero-order valence-electron chi connectivity index (χ0n) is 19.6. The summed E-state index contributed by atoms with van der Waals surface area (Å²) in [4.78, 5) is 34.6. The Morgan fingerprint density at radius 3 is 2.56 bits per heavy atom. The summed E-state index contributed by atoms with van der Waals surface area (Å²) < 4.78 is 0. The first-order valence-corrected chi connectivity index (χ1v) is 12.0. The number of nitrogens with one attached hydrogen (secondary N) is 1. The molecule has 2 heterocycles. The Kier molecular flexibility index (Phi) is 7.01. The number of amidine groups is 1. The number of carbonyl (C=O) groups is 2. The van der Waals surface area contributed by atoms with Gasteiger partial charge in [-0.1, -0.05) is 41.4 Å². The second-order valence-corrected chi connectivity index (χ2v) is 10.1. The number of nitrogens with zero attached hydrogens (tertiary/aromatic N) is 3. The summed E-state index contributed by atoms with van der Waals surface area (Å²) in [7, 11) is 0. The topological polar surface area (TPSA) is 65.0 Å². The summed E-state index contributed by atoms with van der Waals surface area (Å²) in [5.41, 5.74) is 2.97. The zero-order chi connectivity index (χ0) is 24.5. The fourth-order valence-electron chi connectivity index (χ4n) is 4.35. The molecule has 0 atom stereocenters. The highest BCUT2D eigenvalue weighted by atomic mass is 35.5. The fourth-order valence-corrected chi connectivity index (χ4v) is 4.72. The van der Waals surface area contributed by atoms with Crippen molar-refractivity contribution in [1.29, 1.82) is 0 Å². The van der Waals surface area contributed by atoms with Crippen molar-refractivity contribution in [2.45, 2.75) is 32.7 Å². The minimum atomic E-state index is -0.560. The van der Waals surface area contributed by atoms with Crippen LogP contribution in [-0.4, -0.2) is 59.2 Å². The van der Waals surface area contributed by atoms with E-state index >= 15 is 0 Å². The second kappa shape index (κ2) is 9.80. The molecule has 8 heteroatoms. The molecule has 2 aromatic carbocycles. The maximum Gasteiger partial charge on any atom is 0.289 e. The Morgan fingerprint density at radius 1 is 1.06 bits per heavy atom. The van der Waals surface area contributed by atoms with Crippen LogP contribution in [0.15, 0.2) is 53.7 Å². The molecule has 0 unspecified atom stereocenters. The van der Waals surface area contributed by atoms with Crippen LogP contribution in [-0.2, 0) is 4.79 Å². The van der Waals surface area contributed by atoms with Gasteiger partial charge < -0.3 is 15.1 Å². The molecule has 34 heavy (non-hydrogen) atoms. The molecule has 0 aliphatic carbocycles. The van der Waals surface area contributed by atoms with Crippen LogP contribution in [0, 0.1) is 6.92 Å². The molecule has 4 rings (SSSR count). The molecule has 1 fully saturated rings. The highest BCUT2D eigenvalue weighted by molar-refractivity contribution is 6.38. The molecule has 1 saturated heterocycles. The first-order valence-electron chi connectivity index (χ1n) is 11.3. The Balaban J connectivity index is 1.45. The standard InChI is InChI=1S/C26H28Cl2N4O2/c1-17-7-8-19(14-22(17)28)24(33)31-11-12-32(26(2,3)16-31)25(34)23-29-10-9-20(15-30-23)18-5-4-6-21(27)13-18/h4-8,13-15H,9-12,16H2,1-3H3,(H,29,30). The number of carbonyl (C=O) groups excluding carboxylic acids is 2. The van der Waals surface area contributed by atoms with Gasteiger partial charge in [0.2, 0.25) is 0 Å². The van der Waals surface area contributed by atoms with E-state index < -0.39 is 5.54 Å². The molecule has 0 aromatic heterocycles. The molecule has 2 aliphatic heterocycles. The Hall–Kier alpha value is -2.83. The summed E-state index contributed by atoms with van der Waals surface area (Å²) in [5, 5.41) is 4.35. The van der Waals surface area contributed by atoms with E-state index in [1.165, 1.54) is 0 Å². The van der Waals surface area contributed by atoms with Gasteiger partial charge in [-0.25, -0.2) is 0 Å². The van der Waals surface area contributed by atoms with E-state index in [4.69, 9.17) is 23.2 Å². The van der Waals surface area contributed by atoms with Gasteiger partial charge in [-0.3, -0.25) is 14.6 Å². The van der Waals surface area contributed by atoms with E-state index in [1.54, 1.807) is 21.9 Å². The lowest BCUT2D eigenvalue weighted by Gasteiger charge is -2.47. The lowest BCUT2D eigenvalue weighted by Crippen LogP contribution is -2.63. The third kappa shape index (κ3) is 5.13. The average molecular weight is 499 g/mol. The van der Waals surface area contributed by atoms with Gasteiger partial charge in [0.1, 0.15) is 0 Å². The Morgan fingerprint density at radius 2 is 1.85 bits per heavy atom. The smallest absolute Gasteiger partial charge is 0.289 e. The number of amides is 2. The van der Waals surface area contributed by atoms with Gasteiger partial charge >= 0.3 is 0 Å². The third-order valence-corrected chi connectivity index (χ3v) is 6.93. The van der Waals surface area contributed by atoms with Crippen molar-refractivity contribution in [3.8, 4) is 0 Å². The largest absolute Gasteiger partial charge is 0.342 e. The van der Waals surface area contributed by atoms with Crippen LogP contribution >= 0.6 is 23.2 Å². The van der Waals surface area contributed by atoms with Crippen molar-refractivity contribution >= 4 is 46.4 Å². The molecule has 0 spiro atoms. The molecule has 0 saturated carbocycles. The van der Waals surface area contributed by atoms with Crippen LogP contribution in [0.5, 0.6) is 0 Å². The summed E-state index contributed by atoms with van der Waals surface area (Å²) >= 11 is 12.4. The van der Waals surface area contributed by atoms with E-state index in [2.05, 4.69) is 10.3 Å². The monoisotopic (exact) mass is 498 g/mol. The lowest BCUT2D eigenvalue weighted by atomic mass is 9.97. The van der Waals surface area contributed by atoms with Gasteiger partial charge in [0.25, 0.3) is 11.8 Å². The predicted octanol–water partition coefficient (Wildman–Crippen LogP) is 4.80. The fraction of sp³-hybridized carbons (Fsp3) is 0.346. The molecule has 0 radical (unpaired) electrons. The molecule has 6 nitrogen and oxygen atoms in total. The minimum absolute atomic E-state index is 0.0823. The number of piperazine rings is 1. The molecular weight excluding hydrogens is 471 g/mol. The maximum atomic E-state index is 13.4. The molecular formula is C26H28Cl2N4O2. The van der Waals surface area contributed by atoms with Crippen molar-refractivity contribution in [3.63, 3.8) is 0 Å². The molecule has 1 N–H and O–H groups in total. The number of aryl methyl sites for hydroxylation is 1. The van der Waals surface area contributed by atoms with Crippen molar-refractivity contribution < 1.29 is 9.59 Å². The predicted molar refractivity (Wildman–Crippen MR) is 137 cm³/mol. The first-order chi connectivity index (χ1) is 16.2. The highest BCUT2D eigenvalue weighted by Crippen LogP contribution is 2.26. The highest BCUT2D eigenvalue weighted by Gasteiger charge is 2.40. The van der Waals surface area contributed by atoms with E-state index in [1.807, 2.05) is 57.3 Å². The van der Waals surface area contributed by atoms with Gasteiger partial charge in [0, 0.05) is 48.0 Å². The summed E-state index contributed by atoms with van der Waals surface area (Å²) in [6.07, 6.45) is 2.54. The molecule has 2 aliphatic rings. The number of benzene rings is 2. The molecule has 2 amide bonds. The summed E-state index contributed by atoms with van der Waals surface area (Å²) in [5.74, 6) is 0.0652. The van der Waals surface area contributed by atoms with E-state index in [0.717, 1.165) is 16.7 Å². The number of hydrogen-bond acceptors (Lipinski definition) is 4. The molecule has 178 valence electrons. The summed E-state index contributed by atoms with van der Waals surface area (Å²) in [6.45, 7) is 7.62. The minimum Gasteiger partial charge on any atom is -0.342 e. The number of aliphatic imine (C=N–C) groups is 1. The number of halogens is 2. The van der Waals surface area contributed by atoms with Gasteiger partial charge in [0.15, 0.2) is 5.84 Å². The van der Waals surface area contributed by atoms with E-state index in [0.29, 0.717) is 54.0 Å². The van der Waals surface area contributed by atoms with E-state index in [9.17, 15) is 9.59 Å². The summed E-state index contributed by atoms with van der Waals surface area (Å²) in [6, 6.07) is 13.0. The van der Waals surface area contributed by atoms with Gasteiger partial charge in [-0.15, -0.1) is 0 Å². The normalized spacial score (nSPS) is 17.9. The van der Waals surface area contributed by atoms with Crippen LogP contribution in [0.2, 0.25) is 10.0 Å². The van der Waals surface area contributed by atoms with Gasteiger partial charge in [-0.05, 0) is 68.2 Å². The first kappa shape index (κ1) is 24.3. The molecule has 0 bridgehead atoms. The zero-order valence-corrected chi connectivity index (χ0v) is 21.1. The van der Waals surface area contributed by atoms with Crippen LogP contribution in [0.4, 0.5) is 0 Å². The van der Waals surface area contributed by atoms with Crippen LogP contribution < -0.4 is 5.32 Å². The maximum absolute atomic E-state index is 13.4. The van der Waals surface area contributed by atoms with Crippen LogP contribution in [0.25, 0.3) is 5.57 Å². The third-order valence-electron chi connectivity index (χ3n) is 6.29. The number of hydrogen-bond donors (Lipinski definition) is 1. The SMILES string of the molecule is Cc1ccc(C(=O)N2CCN(C(=O)C3=NCCC(c4cccc(Cl)c4)=CN3)C(C)(C)C2)cc1Cl. The lowest BCUT2D eigenvalue weighted by molar-refractivity contribution is -0.132. The van der Waals surface area contributed by atoms with Crippen molar-refractivity contribution in [2.24, 2.45) is 4.99 Å². The molecule has 2 aromatic rings. The van der Waals surface area contributed by atoms with E-state index in [-0.39, 0.29) is 11.8 Å². The van der Waals surface area contributed by atoms with Crippen molar-refractivity contribution in [3.05, 3.63) is 75.4 Å². The number of rotatable bonds is 3. The second-order valence-electron chi connectivity index (χ2n) is 9.26. The average Bonchev–Trinajstić information content (AvgIpc) is 3.06. The van der Waals surface area contributed by atoms with Crippen LogP contribution in [0.3, 0.4) is 0 Å².